The molecule has 0 radical (unpaired) electrons. The monoisotopic (exact) mass is 518 g/mol. The molecule has 2 aromatic carbocycles. The van der Waals surface area contributed by atoms with E-state index in [4.69, 9.17) is 3.63 Å². The first-order valence-corrected chi connectivity index (χ1v) is 17.6. The Bertz CT molecular complexity index is 1130. The minimum atomic E-state index is -5.88. The lowest BCUT2D eigenvalue weighted by Gasteiger charge is -2.48. The van der Waals surface area contributed by atoms with Gasteiger partial charge in [0.25, 0.3) is 0 Å². The molecule has 0 N–H and O–H groups in total. The Balaban J connectivity index is 2.18. The first-order valence-electron chi connectivity index (χ1n) is 10.6. The number of carbonyl (C=O) groups is 1. The number of carbonyl (C=O) groups excluding carboxylic acids is 1. The molecule has 2 unspecified atom stereocenters. The van der Waals surface area contributed by atoms with Gasteiger partial charge >= 0.3 is 15.6 Å². The first kappa shape index (κ1) is 26.0. The van der Waals surface area contributed by atoms with Crippen molar-refractivity contribution < 1.29 is 30.0 Å². The predicted molar refractivity (Wildman–Crippen MR) is 129 cm³/mol. The van der Waals surface area contributed by atoms with Crippen LogP contribution in [-0.2, 0) is 20.2 Å². The molecule has 0 fully saturated rings. The Morgan fingerprint density at radius 1 is 1.00 bits per heavy atom. The molecule has 0 saturated heterocycles. The highest BCUT2D eigenvalue weighted by molar-refractivity contribution is 8.34. The van der Waals surface area contributed by atoms with Gasteiger partial charge < -0.3 is 0 Å². The lowest BCUT2D eigenvalue weighted by Crippen LogP contribution is -2.43. The van der Waals surface area contributed by atoms with Crippen LogP contribution in [0.1, 0.15) is 29.3 Å². The summed E-state index contributed by atoms with van der Waals surface area (Å²) in [5.41, 5.74) is -5.17. The van der Waals surface area contributed by atoms with Crippen molar-refractivity contribution >= 4 is 34.3 Å². The van der Waals surface area contributed by atoms with Crippen molar-refractivity contribution in [2.24, 2.45) is 5.41 Å². The third kappa shape index (κ3) is 5.55. The van der Waals surface area contributed by atoms with Crippen LogP contribution in [0.3, 0.4) is 0 Å². The summed E-state index contributed by atoms with van der Waals surface area (Å²) in [5.74, 6) is -0.266. The number of hydrogen-bond donors (Lipinski definition) is 0. The molecule has 2 atom stereocenters. The van der Waals surface area contributed by atoms with E-state index in [0.29, 0.717) is 23.3 Å². The van der Waals surface area contributed by atoms with E-state index in [-0.39, 0.29) is 16.9 Å². The fourth-order valence-corrected chi connectivity index (χ4v) is 16.0. The van der Waals surface area contributed by atoms with Crippen LogP contribution in [0.25, 0.3) is 0 Å². The molecule has 4 nitrogen and oxygen atoms in total. The van der Waals surface area contributed by atoms with Gasteiger partial charge in [-0.05, 0) is 35.9 Å². The Kier molecular flexibility index (Phi) is 6.98. The first-order chi connectivity index (χ1) is 15.1. The largest absolute Gasteiger partial charge is 0.523 e. The number of hydrogen-bond acceptors (Lipinski definition) is 4. The smallest absolute Gasteiger partial charge is 0.294 e. The number of alkyl halides is 3. The summed E-state index contributed by atoms with van der Waals surface area (Å²) in [6.07, 6.45) is 0.993. The molecule has 1 aliphatic carbocycles. The van der Waals surface area contributed by atoms with E-state index >= 15 is 0 Å². The Labute approximate surface area is 196 Å². The zero-order valence-corrected chi connectivity index (χ0v) is 21.7. The highest BCUT2D eigenvalue weighted by Gasteiger charge is 2.54. The topological polar surface area (TPSA) is 60.4 Å². The highest BCUT2D eigenvalue weighted by Crippen LogP contribution is 2.64. The van der Waals surface area contributed by atoms with E-state index in [1.807, 2.05) is 31.8 Å². The van der Waals surface area contributed by atoms with Crippen LogP contribution in [-0.4, -0.2) is 38.9 Å². The van der Waals surface area contributed by atoms with Crippen molar-refractivity contribution in [1.29, 1.82) is 0 Å². The van der Waals surface area contributed by atoms with E-state index in [1.165, 1.54) is 0 Å². The number of halogens is 3. The van der Waals surface area contributed by atoms with Crippen LogP contribution in [0.2, 0.25) is 19.6 Å². The normalized spacial score (nSPS) is 22.3. The molecule has 0 amide bonds. The van der Waals surface area contributed by atoms with Gasteiger partial charge in [0.2, 0.25) is 0 Å². The van der Waals surface area contributed by atoms with Crippen molar-refractivity contribution in [3.05, 3.63) is 65.7 Å². The molecule has 0 spiro atoms. The van der Waals surface area contributed by atoms with Crippen LogP contribution in [0, 0.1) is 5.41 Å². The number of fused-ring (bicyclic) bond motifs is 1. The Morgan fingerprint density at radius 2 is 1.58 bits per heavy atom. The maximum absolute atomic E-state index is 13.6. The molecular weight excluding hydrogens is 489 g/mol. The van der Waals surface area contributed by atoms with Crippen molar-refractivity contribution in [3.8, 4) is 0 Å². The van der Waals surface area contributed by atoms with Gasteiger partial charge in [-0.2, -0.15) is 21.6 Å². The fourth-order valence-electron chi connectivity index (χ4n) is 4.34. The standard InChI is InChI=1S/C23H29F3O4S2Si/c1-22(15-14-18-10-8-9-13-20(18)21(22)27)16-31(17-33(2,3)4,19-11-6-5-7-12-19)30-32(28,29)23(24,25)26/h5-13H,14-17H2,1-4H3. The molecule has 0 aliphatic heterocycles. The average molecular weight is 519 g/mol. The number of aryl methyl sites for hydroxylation is 1. The number of benzene rings is 2. The SMILES string of the molecule is CC1(CS(C[Si](C)(C)C)(OS(=O)(=O)C(F)(F)F)c2ccccc2)CCc2ccccc2C1=O. The number of Topliss-reactive ketones (excluding diaryl/α,β-unsaturated/α-hetero) is 1. The zero-order chi connectivity index (χ0) is 24.7. The van der Waals surface area contributed by atoms with Gasteiger partial charge in [0.1, 0.15) is 0 Å². The van der Waals surface area contributed by atoms with Crippen molar-refractivity contribution in [2.75, 3.05) is 11.1 Å². The van der Waals surface area contributed by atoms with Gasteiger partial charge in [-0.25, -0.2) is 3.63 Å². The maximum Gasteiger partial charge on any atom is 0.523 e. The summed E-state index contributed by atoms with van der Waals surface area (Å²) in [4.78, 5) is 14.0. The van der Waals surface area contributed by atoms with Crippen molar-refractivity contribution in [2.45, 2.75) is 49.8 Å². The summed E-state index contributed by atoms with van der Waals surface area (Å²) in [6.45, 7) is 7.61. The third-order valence-electron chi connectivity index (χ3n) is 5.65. The minimum Gasteiger partial charge on any atom is -0.294 e. The van der Waals surface area contributed by atoms with Gasteiger partial charge in [0.05, 0.1) is 8.07 Å². The quantitative estimate of drug-likeness (QED) is 0.317. The molecule has 1 aliphatic rings. The van der Waals surface area contributed by atoms with Crippen LogP contribution >= 0.6 is 10.3 Å². The lowest BCUT2D eigenvalue weighted by molar-refractivity contribution is -0.0496. The predicted octanol–water partition coefficient (Wildman–Crippen LogP) is 6.34. The van der Waals surface area contributed by atoms with Crippen molar-refractivity contribution in [3.63, 3.8) is 0 Å². The molecular formula is C23H29F3O4S2Si. The number of ketones is 1. The molecule has 33 heavy (non-hydrogen) atoms. The summed E-state index contributed by atoms with van der Waals surface area (Å²) >= 11 is 0. The van der Waals surface area contributed by atoms with Crippen LogP contribution < -0.4 is 0 Å². The van der Waals surface area contributed by atoms with Crippen molar-refractivity contribution in [1.82, 2.24) is 0 Å². The van der Waals surface area contributed by atoms with E-state index < -0.39 is 39.4 Å². The second kappa shape index (κ2) is 8.87. The number of rotatable bonds is 7. The van der Waals surface area contributed by atoms with Gasteiger partial charge in [-0.1, -0.05) is 79.3 Å². The zero-order valence-electron chi connectivity index (χ0n) is 19.1. The molecule has 3 rings (SSSR count). The lowest BCUT2D eigenvalue weighted by atomic mass is 9.73. The van der Waals surface area contributed by atoms with E-state index in [1.54, 1.807) is 49.4 Å². The van der Waals surface area contributed by atoms with Crippen LogP contribution in [0.5, 0.6) is 0 Å². The molecule has 0 saturated carbocycles. The second-order valence-corrected chi connectivity index (χ2v) is 20.6. The average Bonchev–Trinajstić information content (AvgIpc) is 2.69. The molecule has 0 bridgehead atoms. The summed E-state index contributed by atoms with van der Waals surface area (Å²) in [7, 11) is -11.1. The Morgan fingerprint density at radius 3 is 2.15 bits per heavy atom. The van der Waals surface area contributed by atoms with E-state index in [0.717, 1.165) is 5.56 Å². The molecule has 10 heteroatoms. The van der Waals surface area contributed by atoms with Gasteiger partial charge in [0.15, 0.2) is 5.78 Å². The van der Waals surface area contributed by atoms with E-state index in [9.17, 15) is 26.4 Å². The third-order valence-corrected chi connectivity index (χ3v) is 15.5. The van der Waals surface area contributed by atoms with Gasteiger partial charge in [-0.3, -0.25) is 4.79 Å². The fraction of sp³-hybridized carbons (Fsp3) is 0.435. The summed E-state index contributed by atoms with van der Waals surface area (Å²) in [6, 6.07) is 15.5. The van der Waals surface area contributed by atoms with Crippen LogP contribution in [0.15, 0.2) is 59.5 Å². The summed E-state index contributed by atoms with van der Waals surface area (Å²) in [5, 5.41) is 0.184. The second-order valence-electron chi connectivity index (χ2n) is 9.99. The minimum absolute atomic E-state index is 0.0865. The molecule has 0 aromatic heterocycles. The molecule has 2 aromatic rings. The summed E-state index contributed by atoms with van der Waals surface area (Å²) < 4.78 is 70.5. The Hall–Kier alpha value is -1.62. The molecule has 182 valence electrons. The van der Waals surface area contributed by atoms with Crippen LogP contribution in [0.4, 0.5) is 13.2 Å². The van der Waals surface area contributed by atoms with Gasteiger partial charge in [-0.15, -0.1) is 0 Å². The maximum atomic E-state index is 13.6. The highest BCUT2D eigenvalue weighted by atomic mass is 32.3. The molecule has 0 heterocycles. The van der Waals surface area contributed by atoms with E-state index in [2.05, 4.69) is 0 Å². The van der Waals surface area contributed by atoms with Gasteiger partial charge in [0, 0.05) is 21.6 Å².